The molecular weight excluding hydrogens is 222 g/mol. The molecule has 0 saturated heterocycles. The van der Waals surface area contributed by atoms with Gasteiger partial charge in [0, 0.05) is 4.88 Å². The molecule has 0 saturated carbocycles. The van der Waals surface area contributed by atoms with Crippen LogP contribution in [0.1, 0.15) is 29.3 Å². The number of nitrogens with one attached hydrogen (secondary N) is 1. The third-order valence-corrected chi connectivity index (χ3v) is 3.89. The molecule has 0 fully saturated rings. The van der Waals surface area contributed by atoms with E-state index in [1.807, 2.05) is 0 Å². The standard InChI is InChI=1S/C11H13N3OS/c1-6(13)10(15)14-11-8(5-12)7-3-2-4-9(7)16-11/h6H,2-4,13H2,1H3,(H,14,15). The van der Waals surface area contributed by atoms with Crippen LogP contribution in [0.15, 0.2) is 0 Å². The quantitative estimate of drug-likeness (QED) is 0.813. The van der Waals surface area contributed by atoms with Crippen LogP contribution in [-0.4, -0.2) is 11.9 Å². The molecule has 1 aliphatic carbocycles. The maximum atomic E-state index is 11.5. The van der Waals surface area contributed by atoms with Gasteiger partial charge in [-0.3, -0.25) is 4.79 Å². The lowest BCUT2D eigenvalue weighted by Crippen LogP contribution is -2.32. The molecule has 1 atom stereocenters. The summed E-state index contributed by atoms with van der Waals surface area (Å²) in [6.45, 7) is 1.63. The first-order valence-corrected chi connectivity index (χ1v) is 6.06. The summed E-state index contributed by atoms with van der Waals surface area (Å²) < 4.78 is 0. The summed E-state index contributed by atoms with van der Waals surface area (Å²) in [7, 11) is 0. The molecule has 5 heteroatoms. The number of rotatable bonds is 2. The minimum Gasteiger partial charge on any atom is -0.320 e. The van der Waals surface area contributed by atoms with Crippen LogP contribution in [0.25, 0.3) is 0 Å². The molecular formula is C11H13N3OS. The molecule has 3 N–H and O–H groups in total. The zero-order chi connectivity index (χ0) is 11.7. The highest BCUT2D eigenvalue weighted by Crippen LogP contribution is 2.38. The van der Waals surface area contributed by atoms with Crippen LogP contribution in [0.2, 0.25) is 0 Å². The number of aryl methyl sites for hydroxylation is 1. The number of carbonyl (C=O) groups excluding carboxylic acids is 1. The van der Waals surface area contributed by atoms with Gasteiger partial charge < -0.3 is 11.1 Å². The zero-order valence-corrected chi connectivity index (χ0v) is 9.86. The first-order valence-electron chi connectivity index (χ1n) is 5.24. The van der Waals surface area contributed by atoms with E-state index in [-0.39, 0.29) is 5.91 Å². The van der Waals surface area contributed by atoms with E-state index in [0.29, 0.717) is 10.6 Å². The molecule has 0 aromatic carbocycles. The van der Waals surface area contributed by atoms with E-state index in [4.69, 9.17) is 11.0 Å². The normalized spacial score (nSPS) is 15.3. The second-order valence-electron chi connectivity index (χ2n) is 3.95. The average molecular weight is 235 g/mol. The Bertz CT molecular complexity index is 470. The van der Waals surface area contributed by atoms with Crippen LogP contribution < -0.4 is 11.1 Å². The largest absolute Gasteiger partial charge is 0.320 e. The molecule has 1 aliphatic rings. The number of nitriles is 1. The molecule has 0 aliphatic heterocycles. The Balaban J connectivity index is 2.29. The van der Waals surface area contributed by atoms with E-state index >= 15 is 0 Å². The Labute approximate surface area is 98.1 Å². The molecule has 0 radical (unpaired) electrons. The second kappa shape index (κ2) is 4.24. The van der Waals surface area contributed by atoms with E-state index in [2.05, 4.69) is 11.4 Å². The zero-order valence-electron chi connectivity index (χ0n) is 9.04. The topological polar surface area (TPSA) is 78.9 Å². The van der Waals surface area contributed by atoms with Gasteiger partial charge in [-0.05, 0) is 31.7 Å². The van der Waals surface area contributed by atoms with Gasteiger partial charge in [0.1, 0.15) is 11.1 Å². The van der Waals surface area contributed by atoms with Crippen LogP contribution in [0.4, 0.5) is 5.00 Å². The number of amides is 1. The monoisotopic (exact) mass is 235 g/mol. The lowest BCUT2D eigenvalue weighted by Gasteiger charge is -2.06. The fourth-order valence-corrected chi connectivity index (χ4v) is 3.08. The van der Waals surface area contributed by atoms with E-state index in [1.54, 1.807) is 6.92 Å². The van der Waals surface area contributed by atoms with E-state index in [0.717, 1.165) is 24.8 Å². The van der Waals surface area contributed by atoms with Crippen molar-refractivity contribution in [1.29, 1.82) is 5.26 Å². The average Bonchev–Trinajstić information content (AvgIpc) is 2.77. The van der Waals surface area contributed by atoms with E-state index in [1.165, 1.54) is 16.2 Å². The number of nitrogens with two attached hydrogens (primary N) is 1. The second-order valence-corrected chi connectivity index (χ2v) is 5.06. The number of hydrogen-bond donors (Lipinski definition) is 2. The molecule has 1 aromatic heterocycles. The number of hydrogen-bond acceptors (Lipinski definition) is 4. The van der Waals surface area contributed by atoms with Crippen LogP contribution >= 0.6 is 11.3 Å². The van der Waals surface area contributed by atoms with Crippen LogP contribution in [0.3, 0.4) is 0 Å². The Morgan fingerprint density at radius 2 is 2.38 bits per heavy atom. The summed E-state index contributed by atoms with van der Waals surface area (Å²) in [5, 5.41) is 12.5. The van der Waals surface area contributed by atoms with Crippen molar-refractivity contribution in [2.45, 2.75) is 32.2 Å². The molecule has 2 rings (SSSR count). The third-order valence-electron chi connectivity index (χ3n) is 2.68. The Kier molecular flexibility index (Phi) is 2.95. The fraction of sp³-hybridized carbons (Fsp3) is 0.455. The molecule has 84 valence electrons. The summed E-state index contributed by atoms with van der Waals surface area (Å²) in [4.78, 5) is 12.7. The molecule has 1 aromatic rings. The van der Waals surface area contributed by atoms with E-state index in [9.17, 15) is 4.79 Å². The maximum absolute atomic E-state index is 11.5. The van der Waals surface area contributed by atoms with Crippen molar-refractivity contribution < 1.29 is 4.79 Å². The van der Waals surface area contributed by atoms with Crippen LogP contribution in [0, 0.1) is 11.3 Å². The summed E-state index contributed by atoms with van der Waals surface area (Å²) >= 11 is 1.51. The molecule has 4 nitrogen and oxygen atoms in total. The number of nitrogens with zero attached hydrogens (tertiary/aromatic N) is 1. The SMILES string of the molecule is CC(N)C(=O)Nc1sc2c(c1C#N)CCC2. The summed E-state index contributed by atoms with van der Waals surface area (Å²) in [5.74, 6) is -0.239. The van der Waals surface area contributed by atoms with Crippen LogP contribution in [0.5, 0.6) is 0 Å². The predicted molar refractivity (Wildman–Crippen MR) is 63.3 cm³/mol. The lowest BCUT2D eigenvalue weighted by molar-refractivity contribution is -0.117. The summed E-state index contributed by atoms with van der Waals surface area (Å²) in [6.07, 6.45) is 3.07. The predicted octanol–water partition coefficient (Wildman–Crippen LogP) is 1.39. The Morgan fingerprint density at radius 1 is 1.62 bits per heavy atom. The van der Waals surface area contributed by atoms with Gasteiger partial charge in [-0.15, -0.1) is 11.3 Å². The third kappa shape index (κ3) is 1.82. The number of thiophene rings is 1. The van der Waals surface area contributed by atoms with Crippen molar-refractivity contribution in [2.75, 3.05) is 5.32 Å². The van der Waals surface area contributed by atoms with Crippen molar-refractivity contribution >= 4 is 22.2 Å². The maximum Gasteiger partial charge on any atom is 0.241 e. The lowest BCUT2D eigenvalue weighted by atomic mass is 10.1. The number of carbonyl (C=O) groups is 1. The Morgan fingerprint density at radius 3 is 3.00 bits per heavy atom. The van der Waals surface area contributed by atoms with Gasteiger partial charge in [0.15, 0.2) is 0 Å². The van der Waals surface area contributed by atoms with Crippen molar-refractivity contribution in [3.63, 3.8) is 0 Å². The summed E-state index contributed by atoms with van der Waals surface area (Å²) in [5.41, 5.74) is 7.23. The fourth-order valence-electron chi connectivity index (χ4n) is 1.84. The highest BCUT2D eigenvalue weighted by atomic mass is 32.1. The first kappa shape index (κ1) is 11.1. The molecule has 0 spiro atoms. The Hall–Kier alpha value is -1.38. The molecule has 1 amide bonds. The van der Waals surface area contributed by atoms with E-state index < -0.39 is 6.04 Å². The van der Waals surface area contributed by atoms with Crippen molar-refractivity contribution in [3.8, 4) is 6.07 Å². The highest BCUT2D eigenvalue weighted by molar-refractivity contribution is 7.16. The molecule has 1 heterocycles. The van der Waals surface area contributed by atoms with Crippen LogP contribution in [-0.2, 0) is 17.6 Å². The van der Waals surface area contributed by atoms with Gasteiger partial charge in [0.05, 0.1) is 11.6 Å². The minimum absolute atomic E-state index is 0.239. The van der Waals surface area contributed by atoms with Gasteiger partial charge in [-0.2, -0.15) is 5.26 Å². The molecule has 1 unspecified atom stereocenters. The van der Waals surface area contributed by atoms with Gasteiger partial charge in [0.25, 0.3) is 0 Å². The minimum atomic E-state index is -0.552. The van der Waals surface area contributed by atoms with Gasteiger partial charge in [-0.25, -0.2) is 0 Å². The van der Waals surface area contributed by atoms with Gasteiger partial charge in [0.2, 0.25) is 5.91 Å². The van der Waals surface area contributed by atoms with Crippen molar-refractivity contribution in [2.24, 2.45) is 5.73 Å². The smallest absolute Gasteiger partial charge is 0.241 e. The summed E-state index contributed by atoms with van der Waals surface area (Å²) in [6, 6.07) is 1.62. The van der Waals surface area contributed by atoms with Crippen molar-refractivity contribution in [3.05, 3.63) is 16.0 Å². The molecule has 16 heavy (non-hydrogen) atoms. The van der Waals surface area contributed by atoms with Crippen molar-refractivity contribution in [1.82, 2.24) is 0 Å². The molecule has 0 bridgehead atoms. The highest BCUT2D eigenvalue weighted by Gasteiger charge is 2.23. The number of fused-ring (bicyclic) bond motifs is 1. The van der Waals surface area contributed by atoms with Gasteiger partial charge in [-0.1, -0.05) is 0 Å². The van der Waals surface area contributed by atoms with Gasteiger partial charge >= 0.3 is 0 Å². The number of anilines is 1. The first-order chi connectivity index (χ1) is 7.63.